The number of aromatic nitrogens is 1. The third-order valence-corrected chi connectivity index (χ3v) is 7.57. The molecular weight excluding hydrogens is 521 g/mol. The number of carboxylic acids is 1. The van der Waals surface area contributed by atoms with Gasteiger partial charge in [-0.05, 0) is 31.0 Å². The number of ketones is 1. The van der Waals surface area contributed by atoms with Crippen molar-refractivity contribution in [3.63, 3.8) is 0 Å². The van der Waals surface area contributed by atoms with E-state index in [9.17, 15) is 24.3 Å². The fourth-order valence-corrected chi connectivity index (χ4v) is 5.40. The minimum Gasteiger partial charge on any atom is -0.492 e. The first-order chi connectivity index (χ1) is 19.3. The van der Waals surface area contributed by atoms with Crippen molar-refractivity contribution in [3.8, 4) is 5.75 Å². The Morgan fingerprint density at radius 3 is 2.48 bits per heavy atom. The van der Waals surface area contributed by atoms with E-state index in [0.717, 1.165) is 18.9 Å². The van der Waals surface area contributed by atoms with E-state index in [1.165, 1.54) is 13.3 Å². The number of anilines is 1. The summed E-state index contributed by atoms with van der Waals surface area (Å²) < 4.78 is 28.3. The Kier molecular flexibility index (Phi) is 6.38. The molecular formula is C29H26FN3O7. The van der Waals surface area contributed by atoms with Crippen LogP contribution in [-0.4, -0.2) is 66.2 Å². The molecule has 206 valence electrons. The Morgan fingerprint density at radius 2 is 1.80 bits per heavy atom. The van der Waals surface area contributed by atoms with E-state index in [4.69, 9.17) is 9.15 Å². The number of hydrogen-bond donors (Lipinski definition) is 1. The minimum atomic E-state index is -1.36. The molecule has 0 unspecified atom stereocenters. The number of halogens is 1. The predicted octanol–water partition coefficient (Wildman–Crippen LogP) is 3.29. The molecule has 11 heteroatoms. The molecule has 1 saturated heterocycles. The molecule has 0 radical (unpaired) electrons. The van der Waals surface area contributed by atoms with Gasteiger partial charge in [0.25, 0.3) is 0 Å². The highest BCUT2D eigenvalue weighted by molar-refractivity contribution is 6.00. The van der Waals surface area contributed by atoms with Gasteiger partial charge in [-0.3, -0.25) is 14.5 Å². The zero-order valence-electron chi connectivity index (χ0n) is 21.7. The number of methoxy groups -OCH3 is 1. The SMILES string of the molecule is COc1c(N2CCN(CC(=O)c3cc4ccccc4oc3=O)CC2)c(F)cc2c(=O)c(C(=O)O)cn(C3CC3)c12. The average molecular weight is 548 g/mol. The average Bonchev–Trinajstić information content (AvgIpc) is 3.78. The summed E-state index contributed by atoms with van der Waals surface area (Å²) in [7, 11) is 1.40. The van der Waals surface area contributed by atoms with Crippen LogP contribution in [0.3, 0.4) is 0 Å². The highest BCUT2D eigenvalue weighted by atomic mass is 19.1. The molecule has 6 rings (SSSR count). The number of ether oxygens (including phenoxy) is 1. The molecule has 4 aromatic rings. The molecule has 3 heterocycles. The lowest BCUT2D eigenvalue weighted by atomic mass is 10.1. The van der Waals surface area contributed by atoms with Crippen LogP contribution in [0.15, 0.2) is 56.6 Å². The Balaban J connectivity index is 1.27. The number of carboxylic acid groups (broad SMARTS) is 1. The van der Waals surface area contributed by atoms with E-state index < -0.39 is 28.4 Å². The Morgan fingerprint density at radius 1 is 1.07 bits per heavy atom. The van der Waals surface area contributed by atoms with Crippen molar-refractivity contribution in [1.82, 2.24) is 9.47 Å². The standard InChI is InChI=1S/C29H26FN3O7/c1-39-27-24-19(26(35)20(28(36)37)14-33(24)17-6-7-17)13-21(30)25(27)32-10-8-31(9-11-32)15-22(34)18-12-16-4-2-3-5-23(16)40-29(18)38/h2-5,12-14,17H,6-11,15H2,1H3,(H,36,37). The van der Waals surface area contributed by atoms with Crippen molar-refractivity contribution in [2.75, 3.05) is 44.7 Å². The van der Waals surface area contributed by atoms with Crippen molar-refractivity contribution in [3.05, 3.63) is 80.2 Å². The Hall–Kier alpha value is -4.51. The quantitative estimate of drug-likeness (QED) is 0.274. The molecule has 2 aliphatic rings. The van der Waals surface area contributed by atoms with Crippen LogP contribution >= 0.6 is 0 Å². The van der Waals surface area contributed by atoms with Gasteiger partial charge >= 0.3 is 11.6 Å². The van der Waals surface area contributed by atoms with Gasteiger partial charge in [0, 0.05) is 43.8 Å². The van der Waals surface area contributed by atoms with Crippen LogP contribution in [0.4, 0.5) is 10.1 Å². The van der Waals surface area contributed by atoms with Gasteiger partial charge in [-0.1, -0.05) is 18.2 Å². The molecule has 2 fully saturated rings. The summed E-state index contributed by atoms with van der Waals surface area (Å²) in [5.41, 5.74) is -0.891. The van der Waals surface area contributed by atoms with E-state index >= 15 is 4.39 Å². The maximum absolute atomic E-state index is 15.6. The highest BCUT2D eigenvalue weighted by Gasteiger charge is 2.32. The zero-order chi connectivity index (χ0) is 28.1. The molecule has 1 aliphatic carbocycles. The normalized spacial score (nSPS) is 16.0. The molecule has 0 bridgehead atoms. The summed E-state index contributed by atoms with van der Waals surface area (Å²) in [4.78, 5) is 53.7. The highest BCUT2D eigenvalue weighted by Crippen LogP contribution is 2.43. The molecule has 1 saturated carbocycles. The lowest BCUT2D eigenvalue weighted by Gasteiger charge is -2.36. The fraction of sp³-hybridized carbons (Fsp3) is 0.310. The topological polar surface area (TPSA) is 122 Å². The van der Waals surface area contributed by atoms with Crippen LogP contribution < -0.4 is 20.7 Å². The van der Waals surface area contributed by atoms with Gasteiger partial charge < -0.3 is 23.7 Å². The maximum Gasteiger partial charge on any atom is 0.347 e. The van der Waals surface area contributed by atoms with Crippen molar-refractivity contribution in [2.24, 2.45) is 0 Å². The van der Waals surface area contributed by atoms with Gasteiger partial charge in [0.2, 0.25) is 5.43 Å². The van der Waals surface area contributed by atoms with Crippen molar-refractivity contribution >= 4 is 39.3 Å². The number of nitrogens with zero attached hydrogens (tertiary/aromatic N) is 3. The van der Waals surface area contributed by atoms with E-state index in [1.807, 2.05) is 4.90 Å². The third-order valence-electron chi connectivity index (χ3n) is 7.57. The molecule has 2 aromatic carbocycles. The first kappa shape index (κ1) is 25.8. The number of carbonyl (C=O) groups excluding carboxylic acids is 1. The van der Waals surface area contributed by atoms with Crippen LogP contribution in [0.1, 0.15) is 39.6 Å². The fourth-order valence-electron chi connectivity index (χ4n) is 5.40. The predicted molar refractivity (Wildman–Crippen MR) is 145 cm³/mol. The lowest BCUT2D eigenvalue weighted by Crippen LogP contribution is -2.48. The number of para-hydroxylation sites is 1. The minimum absolute atomic E-state index is 0.00372. The van der Waals surface area contributed by atoms with E-state index in [-0.39, 0.29) is 40.8 Å². The summed E-state index contributed by atoms with van der Waals surface area (Å²) in [6.45, 7) is 1.56. The Bertz CT molecular complexity index is 1800. The Labute approximate surface area is 226 Å². The van der Waals surface area contributed by atoms with Crippen molar-refractivity contribution in [2.45, 2.75) is 18.9 Å². The van der Waals surface area contributed by atoms with Crippen molar-refractivity contribution in [1.29, 1.82) is 0 Å². The summed E-state index contributed by atoms with van der Waals surface area (Å²) in [6, 6.07) is 9.62. The number of rotatable bonds is 7. The lowest BCUT2D eigenvalue weighted by molar-refractivity contribution is 0.0694. The molecule has 2 aromatic heterocycles. The number of piperazine rings is 1. The first-order valence-corrected chi connectivity index (χ1v) is 13.0. The van der Waals surface area contributed by atoms with Crippen LogP contribution in [0.2, 0.25) is 0 Å². The van der Waals surface area contributed by atoms with Gasteiger partial charge in [0.15, 0.2) is 17.3 Å². The number of aromatic carboxylic acids is 1. The van der Waals surface area contributed by atoms with E-state index in [1.54, 1.807) is 39.8 Å². The van der Waals surface area contributed by atoms with E-state index in [2.05, 4.69) is 0 Å². The second kappa shape index (κ2) is 9.91. The summed E-state index contributed by atoms with van der Waals surface area (Å²) in [5.74, 6) is -2.24. The summed E-state index contributed by atoms with van der Waals surface area (Å²) in [6.07, 6.45) is 2.95. The summed E-state index contributed by atoms with van der Waals surface area (Å²) in [5, 5.41) is 10.2. The van der Waals surface area contributed by atoms with Gasteiger partial charge in [-0.25, -0.2) is 14.0 Å². The molecule has 40 heavy (non-hydrogen) atoms. The third kappa shape index (κ3) is 4.41. The molecule has 0 spiro atoms. The number of fused-ring (bicyclic) bond motifs is 2. The number of Topliss-reactive ketones (excluding diaryl/α,β-unsaturated/α-hetero) is 1. The molecule has 1 N–H and O–H groups in total. The van der Waals surface area contributed by atoms with Gasteiger partial charge in [0.1, 0.15) is 22.4 Å². The maximum atomic E-state index is 15.6. The van der Waals surface area contributed by atoms with Gasteiger partial charge in [-0.2, -0.15) is 0 Å². The zero-order valence-corrected chi connectivity index (χ0v) is 21.7. The molecule has 10 nitrogen and oxygen atoms in total. The van der Waals surface area contributed by atoms with Gasteiger partial charge in [0.05, 0.1) is 24.6 Å². The van der Waals surface area contributed by atoms with Crippen LogP contribution in [-0.2, 0) is 0 Å². The number of carbonyl (C=O) groups is 2. The van der Waals surface area contributed by atoms with E-state index in [0.29, 0.717) is 42.7 Å². The number of benzene rings is 2. The van der Waals surface area contributed by atoms with Crippen LogP contribution in [0.5, 0.6) is 5.75 Å². The van der Waals surface area contributed by atoms with Crippen LogP contribution in [0, 0.1) is 5.82 Å². The molecule has 0 amide bonds. The molecule has 0 atom stereocenters. The van der Waals surface area contributed by atoms with Crippen molar-refractivity contribution < 1.29 is 28.2 Å². The number of hydrogen-bond acceptors (Lipinski definition) is 8. The first-order valence-electron chi connectivity index (χ1n) is 13.0. The smallest absolute Gasteiger partial charge is 0.347 e. The monoisotopic (exact) mass is 547 g/mol. The van der Waals surface area contributed by atoms with Crippen LogP contribution in [0.25, 0.3) is 21.9 Å². The summed E-state index contributed by atoms with van der Waals surface area (Å²) >= 11 is 0. The largest absolute Gasteiger partial charge is 0.492 e. The number of pyridine rings is 1. The molecule has 1 aliphatic heterocycles. The van der Waals surface area contributed by atoms with Gasteiger partial charge in [-0.15, -0.1) is 0 Å². The second-order valence-electron chi connectivity index (χ2n) is 10.1. The second-order valence-corrected chi connectivity index (χ2v) is 10.1.